The second-order valence-electron chi connectivity index (χ2n) is 5.10. The van der Waals surface area contributed by atoms with Gasteiger partial charge in [0.2, 0.25) is 0 Å². The molecule has 2 N–H and O–H groups in total. The summed E-state index contributed by atoms with van der Waals surface area (Å²) in [5, 5.41) is 0. The Morgan fingerprint density at radius 3 is 2.50 bits per heavy atom. The summed E-state index contributed by atoms with van der Waals surface area (Å²) in [6.45, 7) is 8.95. The van der Waals surface area contributed by atoms with E-state index in [9.17, 15) is 8.42 Å². The molecule has 6 heteroatoms. The zero-order chi connectivity index (χ0) is 15.3. The van der Waals surface area contributed by atoms with E-state index in [0.29, 0.717) is 17.3 Å². The van der Waals surface area contributed by atoms with Crippen molar-refractivity contribution in [2.24, 2.45) is 5.73 Å². The summed E-state index contributed by atoms with van der Waals surface area (Å²) in [6, 6.07) is 1.78. The minimum atomic E-state index is -3.40. The maximum absolute atomic E-state index is 12.8. The Balaban J connectivity index is 3.14. The van der Waals surface area contributed by atoms with Gasteiger partial charge in [0.1, 0.15) is 4.21 Å². The van der Waals surface area contributed by atoms with E-state index in [2.05, 4.69) is 6.92 Å². The quantitative estimate of drug-likeness (QED) is 0.801. The molecule has 4 nitrogen and oxygen atoms in total. The molecule has 0 radical (unpaired) electrons. The average Bonchev–Trinajstić information content (AvgIpc) is 2.80. The predicted molar refractivity (Wildman–Crippen MR) is 85.5 cm³/mol. The van der Waals surface area contributed by atoms with Gasteiger partial charge in [0.25, 0.3) is 10.0 Å². The topological polar surface area (TPSA) is 63.4 Å². The summed E-state index contributed by atoms with van der Waals surface area (Å²) in [7, 11) is -3.40. The fraction of sp³-hybridized carbons (Fsp3) is 0.714. The molecule has 0 saturated heterocycles. The van der Waals surface area contributed by atoms with E-state index >= 15 is 0 Å². The highest BCUT2D eigenvalue weighted by atomic mass is 32.2. The van der Waals surface area contributed by atoms with Gasteiger partial charge in [0.15, 0.2) is 0 Å². The Hall–Kier alpha value is -0.430. The van der Waals surface area contributed by atoms with Crippen molar-refractivity contribution in [1.29, 1.82) is 0 Å². The van der Waals surface area contributed by atoms with Gasteiger partial charge in [0.05, 0.1) is 0 Å². The van der Waals surface area contributed by atoms with Crippen molar-refractivity contribution >= 4 is 21.4 Å². The molecule has 0 aliphatic carbocycles. The third-order valence-corrected chi connectivity index (χ3v) is 7.28. The van der Waals surface area contributed by atoms with Crippen LogP contribution < -0.4 is 5.73 Å². The lowest BCUT2D eigenvalue weighted by Crippen LogP contribution is -2.38. The van der Waals surface area contributed by atoms with Crippen LogP contribution in [0.4, 0.5) is 0 Å². The summed E-state index contributed by atoms with van der Waals surface area (Å²) < 4.78 is 27.7. The zero-order valence-corrected chi connectivity index (χ0v) is 14.5. The number of hydrogen-bond donors (Lipinski definition) is 1. The molecule has 0 fully saturated rings. The van der Waals surface area contributed by atoms with Gasteiger partial charge in [0, 0.05) is 24.0 Å². The van der Waals surface area contributed by atoms with Crippen LogP contribution >= 0.6 is 11.3 Å². The first-order chi connectivity index (χ1) is 9.38. The molecule has 0 amide bonds. The largest absolute Gasteiger partial charge is 0.326 e. The highest BCUT2D eigenvalue weighted by molar-refractivity contribution is 7.91. The molecule has 1 atom stereocenters. The molecule has 0 saturated carbocycles. The first-order valence-electron chi connectivity index (χ1n) is 7.19. The molecular weight excluding hydrogens is 292 g/mol. The van der Waals surface area contributed by atoms with Gasteiger partial charge < -0.3 is 5.73 Å². The molecule has 0 aromatic carbocycles. The second-order valence-corrected chi connectivity index (χ2v) is 8.36. The molecular formula is C14H26N2O2S2. The highest BCUT2D eigenvalue weighted by Gasteiger charge is 2.29. The van der Waals surface area contributed by atoms with Crippen molar-refractivity contribution in [2.75, 3.05) is 6.54 Å². The van der Waals surface area contributed by atoms with Crippen LogP contribution in [0.15, 0.2) is 10.3 Å². The highest BCUT2D eigenvalue weighted by Crippen LogP contribution is 2.29. The first-order valence-corrected chi connectivity index (χ1v) is 9.45. The minimum absolute atomic E-state index is 0.0234. The van der Waals surface area contributed by atoms with Gasteiger partial charge in [-0.1, -0.05) is 20.3 Å². The Kier molecular flexibility index (Phi) is 6.64. The molecule has 1 heterocycles. The molecule has 0 aliphatic heterocycles. The molecule has 1 aromatic rings. The zero-order valence-electron chi connectivity index (χ0n) is 12.8. The van der Waals surface area contributed by atoms with Crippen molar-refractivity contribution in [2.45, 2.75) is 63.8 Å². The van der Waals surface area contributed by atoms with Crippen molar-refractivity contribution in [3.8, 4) is 0 Å². The molecule has 1 aromatic heterocycles. The molecule has 116 valence electrons. The maximum Gasteiger partial charge on any atom is 0.252 e. The van der Waals surface area contributed by atoms with E-state index in [1.807, 2.05) is 20.8 Å². The smallest absolute Gasteiger partial charge is 0.252 e. The molecule has 20 heavy (non-hydrogen) atoms. The molecule has 1 unspecified atom stereocenters. The standard InChI is InChI=1S/C14H26N2O2S2/c1-5-7-8-16(12(4)6-2)20(17,18)14-9-11(3)13(10-15)19-14/h9,12H,5-8,10,15H2,1-4H3. The fourth-order valence-corrected chi connectivity index (χ4v) is 5.37. The van der Waals surface area contributed by atoms with Crippen molar-refractivity contribution < 1.29 is 8.42 Å². The van der Waals surface area contributed by atoms with Crippen molar-refractivity contribution in [3.63, 3.8) is 0 Å². The van der Waals surface area contributed by atoms with E-state index in [-0.39, 0.29) is 6.04 Å². The number of nitrogens with zero attached hydrogens (tertiary/aromatic N) is 1. The minimum Gasteiger partial charge on any atom is -0.326 e. The van der Waals surface area contributed by atoms with Crippen LogP contribution in [0.1, 0.15) is 50.5 Å². The Labute approximate surface area is 127 Å². The normalized spacial score (nSPS) is 13.9. The fourth-order valence-electron chi connectivity index (χ4n) is 2.03. The lowest BCUT2D eigenvalue weighted by Gasteiger charge is -2.26. The summed E-state index contributed by atoms with van der Waals surface area (Å²) in [4.78, 5) is 0.947. The molecule has 0 spiro atoms. The SMILES string of the molecule is CCCCN(C(C)CC)S(=O)(=O)c1cc(C)c(CN)s1. The third kappa shape index (κ3) is 3.81. The van der Waals surface area contributed by atoms with Crippen LogP contribution in [0.5, 0.6) is 0 Å². The van der Waals surface area contributed by atoms with Crippen LogP contribution in [0.3, 0.4) is 0 Å². The van der Waals surface area contributed by atoms with E-state index in [4.69, 9.17) is 5.73 Å². The van der Waals surface area contributed by atoms with Gasteiger partial charge in [-0.2, -0.15) is 4.31 Å². The van der Waals surface area contributed by atoms with Gasteiger partial charge >= 0.3 is 0 Å². The summed E-state index contributed by atoms with van der Waals surface area (Å²) in [5.74, 6) is 0. The number of hydrogen-bond acceptors (Lipinski definition) is 4. The number of aryl methyl sites for hydroxylation is 1. The number of thiophene rings is 1. The van der Waals surface area contributed by atoms with Gasteiger partial charge in [-0.05, 0) is 38.3 Å². The lowest BCUT2D eigenvalue weighted by molar-refractivity contribution is 0.325. The van der Waals surface area contributed by atoms with Gasteiger partial charge in [-0.25, -0.2) is 8.42 Å². The van der Waals surface area contributed by atoms with Crippen LogP contribution in [-0.4, -0.2) is 25.3 Å². The van der Waals surface area contributed by atoms with Crippen LogP contribution in [0.2, 0.25) is 0 Å². The number of unbranched alkanes of at least 4 members (excludes halogenated alkanes) is 1. The van der Waals surface area contributed by atoms with Crippen LogP contribution in [0.25, 0.3) is 0 Å². The lowest BCUT2D eigenvalue weighted by atomic mass is 10.2. The summed E-state index contributed by atoms with van der Waals surface area (Å²) in [5.41, 5.74) is 6.62. The maximum atomic E-state index is 12.8. The number of nitrogens with two attached hydrogens (primary N) is 1. The van der Waals surface area contributed by atoms with E-state index in [1.54, 1.807) is 10.4 Å². The van der Waals surface area contributed by atoms with E-state index in [0.717, 1.165) is 29.7 Å². The van der Waals surface area contributed by atoms with Gasteiger partial charge in [-0.15, -0.1) is 11.3 Å². The molecule has 0 aliphatic rings. The predicted octanol–water partition coefficient (Wildman–Crippen LogP) is 3.10. The third-order valence-electron chi connectivity index (χ3n) is 3.56. The summed E-state index contributed by atoms with van der Waals surface area (Å²) in [6.07, 6.45) is 2.69. The van der Waals surface area contributed by atoms with E-state index < -0.39 is 10.0 Å². The Morgan fingerprint density at radius 1 is 1.40 bits per heavy atom. The second kappa shape index (κ2) is 7.54. The Bertz CT molecular complexity index is 523. The first kappa shape index (κ1) is 17.6. The van der Waals surface area contributed by atoms with Crippen LogP contribution in [0, 0.1) is 6.92 Å². The molecule has 0 bridgehead atoms. The van der Waals surface area contributed by atoms with Crippen LogP contribution in [-0.2, 0) is 16.6 Å². The average molecular weight is 319 g/mol. The summed E-state index contributed by atoms with van der Waals surface area (Å²) >= 11 is 1.30. The number of sulfonamides is 1. The van der Waals surface area contributed by atoms with Crippen molar-refractivity contribution in [1.82, 2.24) is 4.31 Å². The van der Waals surface area contributed by atoms with Crippen molar-refractivity contribution in [3.05, 3.63) is 16.5 Å². The Morgan fingerprint density at radius 2 is 2.05 bits per heavy atom. The monoisotopic (exact) mass is 318 g/mol. The molecule has 1 rings (SSSR count). The van der Waals surface area contributed by atoms with Gasteiger partial charge in [-0.3, -0.25) is 0 Å². The van der Waals surface area contributed by atoms with E-state index in [1.165, 1.54) is 11.3 Å². The number of rotatable bonds is 8.